The van der Waals surface area contributed by atoms with Crippen molar-refractivity contribution in [3.63, 3.8) is 0 Å². The van der Waals surface area contributed by atoms with Gasteiger partial charge in [0.25, 0.3) is 0 Å². The number of sulfone groups is 1. The van der Waals surface area contributed by atoms with Crippen molar-refractivity contribution >= 4 is 28.1 Å². The lowest BCUT2D eigenvalue weighted by Crippen LogP contribution is -2.13. The van der Waals surface area contributed by atoms with Gasteiger partial charge in [-0.1, -0.05) is 41.6 Å². The third-order valence-electron chi connectivity index (χ3n) is 5.27. The molecule has 2 aromatic heterocycles. The van der Waals surface area contributed by atoms with Crippen molar-refractivity contribution in [3.8, 4) is 34.0 Å². The van der Waals surface area contributed by atoms with Crippen molar-refractivity contribution in [3.05, 3.63) is 66.4 Å². The first-order valence-electron chi connectivity index (χ1n) is 10.5. The van der Waals surface area contributed by atoms with Gasteiger partial charge in [0.15, 0.2) is 27.1 Å². The molecule has 0 saturated heterocycles. The van der Waals surface area contributed by atoms with Crippen molar-refractivity contribution in [1.29, 1.82) is 0 Å². The molecule has 4 rings (SSSR count). The Morgan fingerprint density at radius 2 is 1.56 bits per heavy atom. The van der Waals surface area contributed by atoms with Crippen molar-refractivity contribution in [2.45, 2.75) is 30.5 Å². The van der Waals surface area contributed by atoms with E-state index < -0.39 is 15.1 Å². The zero-order chi connectivity index (χ0) is 23.6. The fourth-order valence-electron chi connectivity index (χ4n) is 3.33. The number of hydrogen-bond donors (Lipinski definition) is 2. The monoisotopic (exact) mass is 535 g/mol. The van der Waals surface area contributed by atoms with Crippen molar-refractivity contribution in [2.24, 2.45) is 0 Å². The number of nitrogens with zero attached hydrogens (tertiary/aromatic N) is 3. The number of nitrogen functional groups attached to an aromatic ring is 1. The Bertz CT molecular complexity index is 1380. The van der Waals surface area contributed by atoms with Crippen LogP contribution in [-0.4, -0.2) is 46.8 Å². The highest BCUT2D eigenvalue weighted by Crippen LogP contribution is 2.30. The van der Waals surface area contributed by atoms with Crippen molar-refractivity contribution < 1.29 is 23.9 Å². The Kier molecular flexibility index (Phi) is 10.7. The van der Waals surface area contributed by atoms with E-state index >= 15 is 0 Å². The number of anilines is 1. The molecule has 0 aliphatic rings. The zero-order valence-corrected chi connectivity index (χ0v) is 21.7. The Labute approximate surface area is 215 Å². The predicted octanol–water partition coefficient (Wildman–Crippen LogP) is 2.72. The normalized spacial score (nSPS) is 10.8. The smallest absolute Gasteiger partial charge is 0.189 e. The number of halogens is 1. The maximum absolute atomic E-state index is 12.4. The van der Waals surface area contributed by atoms with Crippen LogP contribution in [0.2, 0.25) is 0 Å². The Morgan fingerprint density at radius 1 is 0.972 bits per heavy atom. The molecule has 4 aromatic rings. The molecule has 0 unspecified atom stereocenters. The summed E-state index contributed by atoms with van der Waals surface area (Å²) in [5.74, 6) is 0.611. The van der Waals surface area contributed by atoms with Gasteiger partial charge in [-0.25, -0.2) is 18.4 Å². The fourth-order valence-corrected chi connectivity index (χ4v) is 4.39. The highest BCUT2D eigenvalue weighted by atomic mass is 35.5. The van der Waals surface area contributed by atoms with Crippen molar-refractivity contribution in [2.75, 3.05) is 12.8 Å². The lowest BCUT2D eigenvalue weighted by molar-refractivity contribution is 0.434. The first-order chi connectivity index (χ1) is 15.8. The number of benzene rings is 2. The summed E-state index contributed by atoms with van der Waals surface area (Å²) in [6.07, 6.45) is 1.54. The second kappa shape index (κ2) is 12.6. The van der Waals surface area contributed by atoms with Gasteiger partial charge < -0.3 is 26.5 Å². The first-order valence-corrected chi connectivity index (χ1v) is 12.0. The molecular weight excluding hydrogens is 506 g/mol. The van der Waals surface area contributed by atoms with Crippen LogP contribution >= 0.6 is 12.4 Å². The Hall–Kier alpha value is -3.35. The third kappa shape index (κ3) is 6.25. The van der Waals surface area contributed by atoms with Gasteiger partial charge in [0.1, 0.15) is 5.69 Å². The van der Waals surface area contributed by atoms with E-state index in [0.717, 1.165) is 12.1 Å². The van der Waals surface area contributed by atoms with Gasteiger partial charge in [-0.05, 0) is 38.6 Å². The van der Waals surface area contributed by atoms with Crippen LogP contribution in [0.4, 0.5) is 5.82 Å². The first kappa shape index (κ1) is 30.7. The fraction of sp³-hybridized carbons (Fsp3) is 0.208. The van der Waals surface area contributed by atoms with Crippen LogP contribution in [0.3, 0.4) is 0 Å². The average Bonchev–Trinajstić information content (AvgIpc) is 3.30. The summed E-state index contributed by atoms with van der Waals surface area (Å²) in [5.41, 5.74) is 10.4. The summed E-state index contributed by atoms with van der Waals surface area (Å²) in [5, 5.41) is 6.78. The van der Waals surface area contributed by atoms with Gasteiger partial charge >= 0.3 is 0 Å². The van der Waals surface area contributed by atoms with Crippen LogP contribution in [0, 0.1) is 0 Å². The standard InChI is InChI=1S/C24H25N5O3S.ClH.2H2O/c1-15(2)33(30,31)19-10-8-18(9-11-19)21-14-27-24(25)23(28-21)22-12-20(29-32-22)17-6-4-16(5-7-17)13-26-3;;;/h4-12,14-15,26H,13H2,1-3H3,(H2,25,27);1H;2*1H2. The van der Waals surface area contributed by atoms with Crippen LogP contribution in [0.1, 0.15) is 19.4 Å². The molecule has 0 spiro atoms. The molecule has 0 aliphatic carbocycles. The van der Waals surface area contributed by atoms with E-state index in [1.165, 1.54) is 5.56 Å². The minimum Gasteiger partial charge on any atom is -0.412 e. The maximum Gasteiger partial charge on any atom is 0.189 e. The molecule has 0 fully saturated rings. The molecule has 36 heavy (non-hydrogen) atoms. The lowest BCUT2D eigenvalue weighted by Gasteiger charge is -2.09. The number of nitrogens with one attached hydrogen (secondary N) is 1. The molecule has 0 bridgehead atoms. The molecule has 0 amide bonds. The van der Waals surface area contributed by atoms with Gasteiger partial charge in [-0.2, -0.15) is 0 Å². The summed E-state index contributed by atoms with van der Waals surface area (Å²) >= 11 is 0. The molecule has 12 heteroatoms. The second-order valence-corrected chi connectivity index (χ2v) is 10.4. The minimum absolute atomic E-state index is 0. The van der Waals surface area contributed by atoms with Gasteiger partial charge in [0, 0.05) is 23.7 Å². The predicted molar refractivity (Wildman–Crippen MR) is 142 cm³/mol. The van der Waals surface area contributed by atoms with E-state index in [2.05, 4.69) is 20.4 Å². The number of rotatable bonds is 7. The van der Waals surface area contributed by atoms with Crippen LogP contribution < -0.4 is 11.1 Å². The summed E-state index contributed by atoms with van der Waals surface area (Å²) in [6, 6.07) is 16.3. The molecule has 0 radical (unpaired) electrons. The lowest BCUT2D eigenvalue weighted by atomic mass is 10.1. The second-order valence-electron chi connectivity index (χ2n) is 7.91. The molecule has 10 nitrogen and oxygen atoms in total. The molecular formula is C24H30ClN5O5S. The van der Waals surface area contributed by atoms with E-state index in [9.17, 15) is 8.42 Å². The third-order valence-corrected chi connectivity index (χ3v) is 7.44. The quantitative estimate of drug-likeness (QED) is 0.361. The summed E-state index contributed by atoms with van der Waals surface area (Å²) in [4.78, 5) is 9.12. The number of aromatic nitrogens is 3. The van der Waals surface area contributed by atoms with E-state index in [1.807, 2.05) is 31.3 Å². The molecule has 194 valence electrons. The number of nitrogens with two attached hydrogens (primary N) is 1. The zero-order valence-electron chi connectivity index (χ0n) is 20.0. The molecule has 0 atom stereocenters. The maximum atomic E-state index is 12.4. The Balaban J connectivity index is 0.00000216. The molecule has 0 saturated carbocycles. The largest absolute Gasteiger partial charge is 0.412 e. The minimum atomic E-state index is -3.35. The van der Waals surface area contributed by atoms with E-state index in [-0.39, 0.29) is 34.1 Å². The van der Waals surface area contributed by atoms with E-state index in [1.54, 1.807) is 50.4 Å². The average molecular weight is 536 g/mol. The van der Waals surface area contributed by atoms with Gasteiger partial charge in [0.05, 0.1) is 22.0 Å². The van der Waals surface area contributed by atoms with Crippen LogP contribution in [0.25, 0.3) is 34.0 Å². The highest BCUT2D eigenvalue weighted by Gasteiger charge is 2.20. The van der Waals surface area contributed by atoms with Crippen molar-refractivity contribution in [1.82, 2.24) is 20.4 Å². The summed E-state index contributed by atoms with van der Waals surface area (Å²) < 4.78 is 30.3. The van der Waals surface area contributed by atoms with E-state index in [4.69, 9.17) is 10.3 Å². The van der Waals surface area contributed by atoms with Crippen LogP contribution in [-0.2, 0) is 16.4 Å². The van der Waals surface area contributed by atoms with Gasteiger partial charge in [0.2, 0.25) is 0 Å². The van der Waals surface area contributed by atoms with Gasteiger partial charge in [-0.15, -0.1) is 12.4 Å². The van der Waals surface area contributed by atoms with Crippen LogP contribution in [0.5, 0.6) is 0 Å². The van der Waals surface area contributed by atoms with Crippen LogP contribution in [0.15, 0.2) is 70.2 Å². The SMILES string of the molecule is CNCc1ccc(-c2cc(-c3nc(-c4ccc(S(=O)(=O)C(C)C)cc4)cnc3N)on2)cc1.Cl.O.O. The molecule has 2 heterocycles. The topological polar surface area (TPSA) is 187 Å². The van der Waals surface area contributed by atoms with E-state index in [0.29, 0.717) is 28.4 Å². The highest BCUT2D eigenvalue weighted by molar-refractivity contribution is 7.92. The Morgan fingerprint density at radius 3 is 2.14 bits per heavy atom. The molecule has 7 N–H and O–H groups in total. The van der Waals surface area contributed by atoms with Gasteiger partial charge in [-0.3, -0.25) is 0 Å². The molecule has 2 aromatic carbocycles. The number of hydrogen-bond acceptors (Lipinski definition) is 8. The summed E-state index contributed by atoms with van der Waals surface area (Å²) in [6.45, 7) is 4.10. The molecule has 0 aliphatic heterocycles. The summed E-state index contributed by atoms with van der Waals surface area (Å²) in [7, 11) is -1.44.